The van der Waals surface area contributed by atoms with Crippen molar-refractivity contribution < 1.29 is 33.4 Å². The molecule has 0 spiro atoms. The van der Waals surface area contributed by atoms with Crippen LogP contribution in [0.3, 0.4) is 0 Å². The first kappa shape index (κ1) is 24.7. The van der Waals surface area contributed by atoms with Crippen molar-refractivity contribution in [3.05, 3.63) is 59.9 Å². The van der Waals surface area contributed by atoms with Gasteiger partial charge in [0.1, 0.15) is 12.1 Å². The van der Waals surface area contributed by atoms with Gasteiger partial charge in [-0.3, -0.25) is 19.3 Å². The Labute approximate surface area is 204 Å². The van der Waals surface area contributed by atoms with E-state index in [1.165, 1.54) is 11.0 Å². The molecule has 0 aromatic rings. The lowest BCUT2D eigenvalue weighted by Crippen LogP contribution is -2.55. The van der Waals surface area contributed by atoms with Crippen LogP contribution in [0.4, 0.5) is 4.79 Å². The number of rotatable bonds is 6. The Morgan fingerprint density at radius 3 is 2.31 bits per heavy atom. The van der Waals surface area contributed by atoms with Gasteiger partial charge >= 0.3 is 6.16 Å². The van der Waals surface area contributed by atoms with Crippen molar-refractivity contribution in [3.63, 3.8) is 0 Å². The largest absolute Gasteiger partial charge is 0.510 e. The van der Waals surface area contributed by atoms with Gasteiger partial charge in [-0.2, -0.15) is 0 Å². The van der Waals surface area contributed by atoms with Crippen molar-refractivity contribution in [2.75, 3.05) is 19.9 Å². The van der Waals surface area contributed by atoms with Gasteiger partial charge in [-0.25, -0.2) is 9.69 Å². The highest BCUT2D eigenvalue weighted by atomic mass is 16.7. The molecule has 3 aliphatic heterocycles. The maximum absolute atomic E-state index is 13.5. The van der Waals surface area contributed by atoms with Crippen LogP contribution in [0.1, 0.15) is 44.9 Å². The standard InChI is InChI=1S/C26H30N2O7/c1-3-6-19-20(7-4-2)24(30)28(23(19)17-8-5-9-17)21-10-11-22(29)27(25(21)31)16-34-26(32)35-18-12-14-33-15-13-18/h3-4,6-7,18,21H,1-2,5,8-16H2/b19-6+,20-7+. The van der Waals surface area contributed by atoms with E-state index >= 15 is 0 Å². The molecular formula is C26H30N2O7. The maximum Gasteiger partial charge on any atom is 0.510 e. The second-order valence-electron chi connectivity index (χ2n) is 8.78. The summed E-state index contributed by atoms with van der Waals surface area (Å²) >= 11 is 0. The van der Waals surface area contributed by atoms with Gasteiger partial charge in [-0.15, -0.1) is 0 Å². The molecule has 1 atom stereocenters. The second-order valence-corrected chi connectivity index (χ2v) is 8.78. The SMILES string of the molecule is C=C/C=C1/C(=O)N(C2CCC(=O)N(COC(=O)OC3CCOCC3)C2=O)C(=C2CCC2)/C1=C/C=C. The Kier molecular flexibility index (Phi) is 7.65. The summed E-state index contributed by atoms with van der Waals surface area (Å²) in [5.41, 5.74) is 2.93. The molecule has 1 unspecified atom stereocenters. The summed E-state index contributed by atoms with van der Waals surface area (Å²) in [6, 6.07) is -0.887. The van der Waals surface area contributed by atoms with Crippen LogP contribution >= 0.6 is 0 Å². The molecule has 4 fully saturated rings. The van der Waals surface area contributed by atoms with Crippen LogP contribution in [0.25, 0.3) is 0 Å². The fourth-order valence-corrected chi connectivity index (χ4v) is 4.70. The summed E-state index contributed by atoms with van der Waals surface area (Å²) in [6.45, 7) is 7.91. The van der Waals surface area contributed by atoms with E-state index in [0.29, 0.717) is 42.9 Å². The first-order valence-electron chi connectivity index (χ1n) is 11.9. The van der Waals surface area contributed by atoms with Gasteiger partial charge in [-0.1, -0.05) is 31.4 Å². The van der Waals surface area contributed by atoms with Gasteiger partial charge < -0.3 is 14.2 Å². The fraction of sp³-hybridized carbons (Fsp3) is 0.462. The topological polar surface area (TPSA) is 102 Å². The van der Waals surface area contributed by atoms with Gasteiger partial charge in [-0.05, 0) is 37.3 Å². The van der Waals surface area contributed by atoms with Crippen LogP contribution in [-0.2, 0) is 28.6 Å². The Balaban J connectivity index is 1.53. The molecule has 0 radical (unpaired) electrons. The molecule has 3 amide bonds. The van der Waals surface area contributed by atoms with Crippen LogP contribution in [-0.4, -0.2) is 65.8 Å². The first-order valence-corrected chi connectivity index (χ1v) is 11.9. The average Bonchev–Trinajstić information content (AvgIpc) is 3.05. The van der Waals surface area contributed by atoms with Crippen molar-refractivity contribution in [3.8, 4) is 0 Å². The number of hydrogen-bond acceptors (Lipinski definition) is 7. The van der Waals surface area contributed by atoms with Gasteiger partial charge in [0.2, 0.25) is 5.91 Å². The van der Waals surface area contributed by atoms with E-state index in [9.17, 15) is 19.2 Å². The number of carbonyl (C=O) groups is 4. The Hall–Kier alpha value is -3.46. The molecule has 3 saturated heterocycles. The number of imide groups is 1. The molecule has 0 aromatic carbocycles. The predicted molar refractivity (Wildman–Crippen MR) is 125 cm³/mol. The first-order chi connectivity index (χ1) is 17.0. The zero-order valence-electron chi connectivity index (χ0n) is 19.7. The second kappa shape index (κ2) is 10.9. The highest BCUT2D eigenvalue weighted by Crippen LogP contribution is 2.44. The number of piperidine rings is 1. The molecule has 4 aliphatic rings. The van der Waals surface area contributed by atoms with E-state index in [0.717, 1.165) is 29.7 Å². The summed E-state index contributed by atoms with van der Waals surface area (Å²) in [5, 5.41) is 0. The fourth-order valence-electron chi connectivity index (χ4n) is 4.70. The zero-order valence-corrected chi connectivity index (χ0v) is 19.7. The third kappa shape index (κ3) is 5.00. The third-order valence-electron chi connectivity index (χ3n) is 6.63. The average molecular weight is 483 g/mol. The van der Waals surface area contributed by atoms with Crippen LogP contribution in [0, 0.1) is 0 Å². The van der Waals surface area contributed by atoms with Crippen LogP contribution in [0.5, 0.6) is 0 Å². The molecule has 1 aliphatic carbocycles. The van der Waals surface area contributed by atoms with Gasteiger partial charge in [0.25, 0.3) is 11.8 Å². The molecule has 1 saturated carbocycles. The predicted octanol–water partition coefficient (Wildman–Crippen LogP) is 3.30. The summed E-state index contributed by atoms with van der Waals surface area (Å²) in [5.74, 6) is -1.36. The number of ether oxygens (including phenoxy) is 3. The van der Waals surface area contributed by atoms with Crippen molar-refractivity contribution in [1.29, 1.82) is 0 Å². The van der Waals surface area contributed by atoms with Crippen molar-refractivity contribution in [1.82, 2.24) is 9.80 Å². The lowest BCUT2D eigenvalue weighted by atomic mass is 9.87. The molecule has 186 valence electrons. The third-order valence-corrected chi connectivity index (χ3v) is 6.63. The number of carbonyl (C=O) groups excluding carboxylic acids is 4. The lowest BCUT2D eigenvalue weighted by Gasteiger charge is -2.37. The van der Waals surface area contributed by atoms with Crippen LogP contribution in [0.2, 0.25) is 0 Å². The van der Waals surface area contributed by atoms with E-state index in [4.69, 9.17) is 14.2 Å². The smallest absolute Gasteiger partial charge is 0.431 e. The van der Waals surface area contributed by atoms with Gasteiger partial charge in [0.05, 0.1) is 18.9 Å². The number of amides is 3. The van der Waals surface area contributed by atoms with Crippen molar-refractivity contribution in [2.24, 2.45) is 0 Å². The van der Waals surface area contributed by atoms with E-state index in [2.05, 4.69) is 13.2 Å². The van der Waals surface area contributed by atoms with E-state index in [-0.39, 0.29) is 24.9 Å². The molecule has 0 N–H and O–H groups in total. The molecule has 9 heteroatoms. The van der Waals surface area contributed by atoms with E-state index in [1.54, 1.807) is 18.2 Å². The number of nitrogens with zero attached hydrogens (tertiary/aromatic N) is 2. The highest BCUT2D eigenvalue weighted by Gasteiger charge is 2.47. The number of likely N-dealkylation sites (tertiary alicyclic amines) is 2. The Morgan fingerprint density at radius 2 is 1.69 bits per heavy atom. The molecule has 0 bridgehead atoms. The van der Waals surface area contributed by atoms with Gasteiger partial charge in [0, 0.05) is 30.4 Å². The summed E-state index contributed by atoms with van der Waals surface area (Å²) in [6.07, 6.45) is 9.31. The number of allylic oxidation sites excluding steroid dienone is 6. The molecule has 4 rings (SSSR count). The van der Waals surface area contributed by atoms with Gasteiger partial charge in [0.15, 0.2) is 6.73 Å². The summed E-state index contributed by atoms with van der Waals surface area (Å²) < 4.78 is 15.6. The van der Waals surface area contributed by atoms with Crippen molar-refractivity contribution >= 4 is 23.9 Å². The minimum absolute atomic E-state index is 0.0438. The summed E-state index contributed by atoms with van der Waals surface area (Å²) in [4.78, 5) is 54.0. The quantitative estimate of drug-likeness (QED) is 0.325. The van der Waals surface area contributed by atoms with Crippen LogP contribution in [0.15, 0.2) is 59.9 Å². The monoisotopic (exact) mass is 482 g/mol. The van der Waals surface area contributed by atoms with E-state index in [1.807, 2.05) is 0 Å². The normalized spacial score (nSPS) is 25.8. The van der Waals surface area contributed by atoms with Crippen molar-refractivity contribution in [2.45, 2.75) is 57.1 Å². The van der Waals surface area contributed by atoms with Crippen LogP contribution < -0.4 is 0 Å². The molecular weight excluding hydrogens is 452 g/mol. The minimum atomic E-state index is -0.943. The highest BCUT2D eigenvalue weighted by molar-refractivity contribution is 6.10. The molecule has 0 aromatic heterocycles. The Morgan fingerprint density at radius 1 is 1.00 bits per heavy atom. The zero-order chi connectivity index (χ0) is 24.9. The molecule has 3 heterocycles. The Bertz CT molecular complexity index is 1030. The maximum atomic E-state index is 13.5. The number of hydrogen-bond donors (Lipinski definition) is 0. The minimum Gasteiger partial charge on any atom is -0.431 e. The molecule has 35 heavy (non-hydrogen) atoms. The lowest BCUT2D eigenvalue weighted by molar-refractivity contribution is -0.159. The van der Waals surface area contributed by atoms with E-state index < -0.39 is 30.7 Å². The molecule has 9 nitrogen and oxygen atoms in total. The summed E-state index contributed by atoms with van der Waals surface area (Å²) in [7, 11) is 0.